The van der Waals surface area contributed by atoms with Crippen LogP contribution in [0.3, 0.4) is 0 Å². The number of primary amides is 1. The van der Waals surface area contributed by atoms with Gasteiger partial charge in [-0.25, -0.2) is 9.55 Å². The van der Waals surface area contributed by atoms with Crippen LogP contribution in [-0.4, -0.2) is 36.6 Å². The number of fused-ring (bicyclic) bond motifs is 1. The summed E-state index contributed by atoms with van der Waals surface area (Å²) in [4.78, 5) is 23.3. The summed E-state index contributed by atoms with van der Waals surface area (Å²) in [5, 5.41) is 10.3. The van der Waals surface area contributed by atoms with E-state index in [4.69, 9.17) is 17.2 Å². The molecule has 0 aromatic carbocycles. The van der Waals surface area contributed by atoms with E-state index in [0.717, 1.165) is 0 Å². The summed E-state index contributed by atoms with van der Waals surface area (Å²) in [5.41, 5.74) is 17.9. The number of carbonyl (C=O) groups is 1. The van der Waals surface area contributed by atoms with Crippen LogP contribution in [0, 0.1) is 0 Å². The van der Waals surface area contributed by atoms with Gasteiger partial charge in [-0.2, -0.15) is 9.97 Å². The van der Waals surface area contributed by atoms with Crippen molar-refractivity contribution in [3.05, 3.63) is 36.4 Å². The van der Waals surface area contributed by atoms with Crippen LogP contribution in [0.2, 0.25) is 0 Å². The van der Waals surface area contributed by atoms with Crippen molar-refractivity contribution in [2.75, 3.05) is 11.5 Å². The van der Waals surface area contributed by atoms with Gasteiger partial charge in [0.25, 0.3) is 5.91 Å². The normalized spacial score (nSPS) is 11.9. The lowest BCUT2D eigenvalue weighted by Gasteiger charge is -2.09. The Hall–Kier alpha value is -2.98. The summed E-state index contributed by atoms with van der Waals surface area (Å²) in [6, 6.07) is 3.30. The zero-order valence-corrected chi connectivity index (χ0v) is 13.8. The van der Waals surface area contributed by atoms with Gasteiger partial charge in [-0.3, -0.25) is 4.79 Å². The average Bonchev–Trinajstić information content (AvgIpc) is 2.90. The third-order valence-electron chi connectivity index (χ3n) is 3.48. The number of aromatic nitrogens is 5. The Morgan fingerprint density at radius 3 is 2.84 bits per heavy atom. The van der Waals surface area contributed by atoms with Crippen LogP contribution in [0.1, 0.15) is 10.4 Å². The predicted octanol–water partition coefficient (Wildman–Crippen LogP) is -4.56. The maximum absolute atomic E-state index is 11.2. The summed E-state index contributed by atoms with van der Waals surface area (Å²) in [7, 11) is 0. The van der Waals surface area contributed by atoms with Crippen LogP contribution in [0.4, 0.5) is 11.8 Å². The highest BCUT2D eigenvalue weighted by atomic mass is 35.5. The maximum Gasteiger partial charge on any atom is 0.254 e. The van der Waals surface area contributed by atoms with Crippen molar-refractivity contribution in [2.45, 2.75) is 19.2 Å². The number of aliphatic hydroxyl groups excluding tert-OH is 1. The minimum atomic E-state index is -0.757. The summed E-state index contributed by atoms with van der Waals surface area (Å²) in [5.74, 6) is -0.295. The molecule has 3 rings (SSSR count). The molecule has 10 nitrogen and oxygen atoms in total. The summed E-state index contributed by atoms with van der Waals surface area (Å²) < 4.78 is 3.33. The van der Waals surface area contributed by atoms with Gasteiger partial charge in [-0.1, -0.05) is 0 Å². The average molecular weight is 365 g/mol. The van der Waals surface area contributed by atoms with Crippen LogP contribution < -0.4 is 34.2 Å². The summed E-state index contributed by atoms with van der Waals surface area (Å²) >= 11 is 0. The fraction of sp³-hybridized carbons (Fsp3) is 0.214. The van der Waals surface area contributed by atoms with Crippen molar-refractivity contribution >= 4 is 28.8 Å². The molecule has 25 heavy (non-hydrogen) atoms. The molecule has 7 N–H and O–H groups in total. The lowest BCUT2D eigenvalue weighted by molar-refractivity contribution is -0.703. The van der Waals surface area contributed by atoms with E-state index in [1.165, 1.54) is 6.33 Å². The van der Waals surface area contributed by atoms with E-state index in [1.54, 1.807) is 33.7 Å². The van der Waals surface area contributed by atoms with Crippen LogP contribution in [0.25, 0.3) is 11.2 Å². The van der Waals surface area contributed by atoms with E-state index in [9.17, 15) is 9.90 Å². The fourth-order valence-electron chi connectivity index (χ4n) is 2.43. The Morgan fingerprint density at radius 1 is 1.36 bits per heavy atom. The lowest BCUT2D eigenvalue weighted by atomic mass is 10.2. The highest BCUT2D eigenvalue weighted by molar-refractivity contribution is 5.92. The molecule has 0 aliphatic rings. The van der Waals surface area contributed by atoms with Crippen molar-refractivity contribution in [2.24, 2.45) is 5.73 Å². The number of nitrogen functional groups attached to an aromatic ring is 2. The minimum Gasteiger partial charge on any atom is -1.00 e. The molecule has 1 amide bonds. The van der Waals surface area contributed by atoms with E-state index in [-0.39, 0.29) is 37.3 Å². The molecule has 0 radical (unpaired) electrons. The van der Waals surface area contributed by atoms with E-state index in [0.29, 0.717) is 16.7 Å². The highest BCUT2D eigenvalue weighted by Gasteiger charge is 2.17. The second-order valence-corrected chi connectivity index (χ2v) is 5.34. The fourth-order valence-corrected chi connectivity index (χ4v) is 2.43. The maximum atomic E-state index is 11.2. The zero-order valence-electron chi connectivity index (χ0n) is 13.1. The van der Waals surface area contributed by atoms with Gasteiger partial charge >= 0.3 is 0 Å². The van der Waals surface area contributed by atoms with Crippen LogP contribution in [0.15, 0.2) is 30.9 Å². The molecule has 11 heteroatoms. The third kappa shape index (κ3) is 3.92. The number of nitrogens with two attached hydrogens (primary N) is 3. The quantitative estimate of drug-likeness (QED) is 0.331. The Bertz CT molecular complexity index is 913. The highest BCUT2D eigenvalue weighted by Crippen LogP contribution is 2.17. The molecule has 0 bridgehead atoms. The SMILES string of the molecule is NC(=O)c1ccc[n+](CC(O)Cn2cnc3c(N)nc(N)nc32)c1.[Cl-]. The van der Waals surface area contributed by atoms with Crippen molar-refractivity contribution in [3.8, 4) is 0 Å². The number of imidazole rings is 1. The Balaban J connectivity index is 0.00000225. The number of pyridine rings is 1. The lowest BCUT2D eigenvalue weighted by Crippen LogP contribution is -3.00. The molecule has 0 fully saturated rings. The van der Waals surface area contributed by atoms with E-state index >= 15 is 0 Å². The Morgan fingerprint density at radius 2 is 2.12 bits per heavy atom. The van der Waals surface area contributed by atoms with Crippen molar-refractivity contribution in [1.82, 2.24) is 19.5 Å². The van der Waals surface area contributed by atoms with Crippen LogP contribution >= 0.6 is 0 Å². The molecule has 0 saturated carbocycles. The third-order valence-corrected chi connectivity index (χ3v) is 3.48. The van der Waals surface area contributed by atoms with Crippen LogP contribution in [0.5, 0.6) is 0 Å². The number of hydrogen-bond donors (Lipinski definition) is 4. The molecular formula is C14H17ClN8O2. The predicted molar refractivity (Wildman–Crippen MR) is 85.3 cm³/mol. The van der Waals surface area contributed by atoms with Gasteiger partial charge in [-0.05, 0) is 6.07 Å². The van der Waals surface area contributed by atoms with Gasteiger partial charge < -0.3 is 39.3 Å². The van der Waals surface area contributed by atoms with Crippen molar-refractivity contribution < 1.29 is 26.9 Å². The molecule has 3 heterocycles. The van der Waals surface area contributed by atoms with Crippen molar-refractivity contribution in [3.63, 3.8) is 0 Å². The first-order valence-electron chi connectivity index (χ1n) is 7.15. The Labute approximate surface area is 148 Å². The van der Waals surface area contributed by atoms with Gasteiger partial charge in [0.05, 0.1) is 12.9 Å². The number of aliphatic hydroxyl groups is 1. The topological polar surface area (TPSA) is 163 Å². The molecule has 132 valence electrons. The first-order valence-corrected chi connectivity index (χ1v) is 7.15. The second kappa shape index (κ2) is 7.28. The number of carbonyl (C=O) groups excluding carboxylic acids is 1. The number of hydrogen-bond acceptors (Lipinski definition) is 7. The van der Waals surface area contributed by atoms with Crippen LogP contribution in [-0.2, 0) is 13.1 Å². The monoisotopic (exact) mass is 364 g/mol. The molecule has 1 atom stereocenters. The van der Waals surface area contributed by atoms with Gasteiger partial charge in [0, 0.05) is 6.07 Å². The largest absolute Gasteiger partial charge is 1.00 e. The van der Waals surface area contributed by atoms with Gasteiger partial charge in [0.1, 0.15) is 17.2 Å². The molecule has 0 saturated heterocycles. The zero-order chi connectivity index (χ0) is 17.3. The van der Waals surface area contributed by atoms with E-state index < -0.39 is 12.0 Å². The molecular weight excluding hydrogens is 348 g/mol. The first kappa shape index (κ1) is 18.4. The summed E-state index contributed by atoms with van der Waals surface area (Å²) in [6.45, 7) is 0.483. The molecule has 3 aromatic rings. The Kier molecular flexibility index (Phi) is 5.35. The van der Waals surface area contributed by atoms with Gasteiger partial charge in [0.2, 0.25) is 5.95 Å². The standard InChI is InChI=1S/C14H16N8O2.ClH/c15-11-10-13(20-14(17)19-11)22(7-18-10)6-9(23)5-21-3-1-2-8(4-21)12(16)24;/h1-4,7,9,23H,5-6H2,(H5-,15,16,17,19,20,24);1H. The number of anilines is 2. The number of amides is 1. The molecule has 0 aliphatic heterocycles. The molecule has 0 spiro atoms. The first-order chi connectivity index (χ1) is 11.4. The number of nitrogens with zero attached hydrogens (tertiary/aromatic N) is 5. The number of rotatable bonds is 5. The van der Waals surface area contributed by atoms with Gasteiger partial charge in [0.15, 0.2) is 30.4 Å². The molecule has 0 aliphatic carbocycles. The second-order valence-electron chi connectivity index (χ2n) is 5.34. The number of halogens is 1. The smallest absolute Gasteiger partial charge is 0.254 e. The van der Waals surface area contributed by atoms with E-state index in [1.807, 2.05) is 0 Å². The molecule has 3 aromatic heterocycles. The van der Waals surface area contributed by atoms with E-state index in [2.05, 4.69) is 15.0 Å². The molecule has 1 unspecified atom stereocenters. The van der Waals surface area contributed by atoms with Crippen molar-refractivity contribution in [1.29, 1.82) is 0 Å². The minimum absolute atomic E-state index is 0. The van der Waals surface area contributed by atoms with Gasteiger partial charge in [-0.15, -0.1) is 0 Å². The summed E-state index contributed by atoms with van der Waals surface area (Å²) in [6.07, 6.45) is 4.08.